The molecule has 0 unspecified atom stereocenters. The van der Waals surface area contributed by atoms with Gasteiger partial charge < -0.3 is 10.0 Å². The van der Waals surface area contributed by atoms with E-state index >= 15 is 0 Å². The normalized spacial score (nSPS) is 17.1. The van der Waals surface area contributed by atoms with E-state index in [-0.39, 0.29) is 6.61 Å². The Kier molecular flexibility index (Phi) is 4.63. The van der Waals surface area contributed by atoms with E-state index in [9.17, 15) is 5.11 Å². The number of rotatable bonds is 4. The first-order chi connectivity index (χ1) is 8.33. The van der Waals surface area contributed by atoms with Gasteiger partial charge >= 0.3 is 0 Å². The molecule has 1 aliphatic carbocycles. The zero-order chi connectivity index (χ0) is 12.1. The van der Waals surface area contributed by atoms with Crippen LogP contribution in [0.15, 0.2) is 18.5 Å². The Morgan fingerprint density at radius 2 is 2.12 bits per heavy atom. The summed E-state index contributed by atoms with van der Waals surface area (Å²) in [5, 5.41) is 9.89. The third-order valence-electron chi connectivity index (χ3n) is 3.42. The number of hydrogen-bond acceptors (Lipinski definition) is 3. The van der Waals surface area contributed by atoms with Crippen LogP contribution in [0.25, 0.3) is 0 Å². The summed E-state index contributed by atoms with van der Waals surface area (Å²) in [4.78, 5) is 6.25. The van der Waals surface area contributed by atoms with Gasteiger partial charge in [-0.1, -0.05) is 30.9 Å². The van der Waals surface area contributed by atoms with E-state index in [4.69, 9.17) is 11.6 Å². The number of halogens is 1. The molecule has 0 radical (unpaired) electrons. The first kappa shape index (κ1) is 12.7. The number of nitrogens with zero attached hydrogens (tertiary/aromatic N) is 2. The van der Waals surface area contributed by atoms with Crippen LogP contribution >= 0.6 is 11.6 Å². The van der Waals surface area contributed by atoms with Gasteiger partial charge in [-0.15, -0.1) is 0 Å². The van der Waals surface area contributed by atoms with Crippen molar-refractivity contribution < 1.29 is 5.11 Å². The minimum Gasteiger partial charge on any atom is -0.395 e. The van der Waals surface area contributed by atoms with E-state index < -0.39 is 0 Å². The van der Waals surface area contributed by atoms with Gasteiger partial charge in [-0.05, 0) is 18.9 Å². The highest BCUT2D eigenvalue weighted by Crippen LogP contribution is 2.31. The van der Waals surface area contributed by atoms with Crippen molar-refractivity contribution in [3.05, 3.63) is 23.5 Å². The van der Waals surface area contributed by atoms with E-state index in [1.165, 1.54) is 32.1 Å². The molecule has 1 aromatic heterocycles. The molecule has 1 N–H and O–H groups in total. The van der Waals surface area contributed by atoms with Crippen molar-refractivity contribution in [1.29, 1.82) is 0 Å². The summed E-state index contributed by atoms with van der Waals surface area (Å²) < 4.78 is 0. The molecule has 2 rings (SSSR count). The molecule has 0 saturated heterocycles. The Hall–Kier alpha value is -0.800. The lowest BCUT2D eigenvalue weighted by Gasteiger charge is -2.36. The van der Waals surface area contributed by atoms with Crippen LogP contribution in [0.5, 0.6) is 0 Å². The first-order valence-corrected chi connectivity index (χ1v) is 6.67. The molecule has 1 aromatic rings. The van der Waals surface area contributed by atoms with Crippen molar-refractivity contribution in [2.75, 3.05) is 18.1 Å². The molecule has 17 heavy (non-hydrogen) atoms. The van der Waals surface area contributed by atoms with Gasteiger partial charge in [-0.25, -0.2) is 0 Å². The lowest BCUT2D eigenvalue weighted by atomic mass is 9.94. The minimum absolute atomic E-state index is 0.162. The van der Waals surface area contributed by atoms with Crippen LogP contribution in [0.1, 0.15) is 32.1 Å². The second kappa shape index (κ2) is 6.22. The van der Waals surface area contributed by atoms with Gasteiger partial charge in [0.2, 0.25) is 0 Å². The van der Waals surface area contributed by atoms with Gasteiger partial charge in [0.1, 0.15) is 0 Å². The molecule has 0 aromatic carbocycles. The summed E-state index contributed by atoms with van der Waals surface area (Å²) in [6.07, 6.45) is 9.69. The van der Waals surface area contributed by atoms with Crippen molar-refractivity contribution in [2.24, 2.45) is 0 Å². The van der Waals surface area contributed by atoms with Crippen molar-refractivity contribution in [3.8, 4) is 0 Å². The highest BCUT2D eigenvalue weighted by atomic mass is 35.5. The zero-order valence-electron chi connectivity index (χ0n) is 9.98. The van der Waals surface area contributed by atoms with E-state index in [2.05, 4.69) is 9.88 Å². The summed E-state index contributed by atoms with van der Waals surface area (Å²) in [5.41, 5.74) is 1.00. The monoisotopic (exact) mass is 254 g/mol. The fourth-order valence-corrected chi connectivity index (χ4v) is 2.83. The summed E-state index contributed by atoms with van der Waals surface area (Å²) in [6.45, 7) is 0.809. The predicted molar refractivity (Wildman–Crippen MR) is 70.6 cm³/mol. The molecule has 0 atom stereocenters. The van der Waals surface area contributed by atoms with E-state index in [1.54, 1.807) is 12.4 Å². The Balaban J connectivity index is 2.18. The first-order valence-electron chi connectivity index (χ1n) is 6.30. The van der Waals surface area contributed by atoms with Gasteiger partial charge in [0, 0.05) is 25.0 Å². The molecule has 94 valence electrons. The summed E-state index contributed by atoms with van der Waals surface area (Å²) in [6, 6.07) is 2.45. The third kappa shape index (κ3) is 3.11. The number of aliphatic hydroxyl groups is 1. The van der Waals surface area contributed by atoms with Crippen molar-refractivity contribution >= 4 is 17.3 Å². The Bertz CT molecular complexity index is 353. The van der Waals surface area contributed by atoms with Crippen LogP contribution < -0.4 is 4.90 Å². The molecule has 0 spiro atoms. The third-order valence-corrected chi connectivity index (χ3v) is 3.71. The number of hydrogen-bond donors (Lipinski definition) is 1. The maximum absolute atomic E-state index is 9.22. The van der Waals surface area contributed by atoms with Crippen LogP contribution in [-0.2, 0) is 0 Å². The molecule has 1 heterocycles. The van der Waals surface area contributed by atoms with E-state index in [0.717, 1.165) is 5.69 Å². The van der Waals surface area contributed by atoms with Crippen LogP contribution in [0.2, 0.25) is 5.02 Å². The maximum Gasteiger partial charge on any atom is 0.0822 e. The van der Waals surface area contributed by atoms with Crippen LogP contribution in [0.4, 0.5) is 5.69 Å². The fourth-order valence-electron chi connectivity index (χ4n) is 2.60. The topological polar surface area (TPSA) is 36.4 Å². The van der Waals surface area contributed by atoms with Gasteiger partial charge in [0.15, 0.2) is 0 Å². The molecule has 1 saturated carbocycles. The van der Waals surface area contributed by atoms with Gasteiger partial charge in [0.25, 0.3) is 0 Å². The highest BCUT2D eigenvalue weighted by molar-refractivity contribution is 6.33. The Morgan fingerprint density at radius 3 is 2.76 bits per heavy atom. The van der Waals surface area contributed by atoms with Crippen molar-refractivity contribution in [1.82, 2.24) is 4.98 Å². The quantitative estimate of drug-likeness (QED) is 0.898. The molecule has 0 bridgehead atoms. The number of aliphatic hydroxyl groups excluding tert-OH is 1. The predicted octanol–water partition coefficient (Wildman–Crippen LogP) is 2.87. The smallest absolute Gasteiger partial charge is 0.0822 e. The fraction of sp³-hybridized carbons (Fsp3) is 0.615. The lowest BCUT2D eigenvalue weighted by Crippen LogP contribution is -2.39. The molecular formula is C13H19ClN2O. The number of pyridine rings is 1. The van der Waals surface area contributed by atoms with Gasteiger partial charge in [0.05, 0.1) is 17.3 Å². The van der Waals surface area contributed by atoms with Crippen molar-refractivity contribution in [3.63, 3.8) is 0 Å². The van der Waals surface area contributed by atoms with E-state index in [1.807, 2.05) is 6.07 Å². The van der Waals surface area contributed by atoms with E-state index in [0.29, 0.717) is 17.6 Å². The second-order valence-corrected chi connectivity index (χ2v) is 4.94. The molecule has 0 aliphatic heterocycles. The molecule has 1 fully saturated rings. The largest absolute Gasteiger partial charge is 0.395 e. The second-order valence-electron chi connectivity index (χ2n) is 4.54. The summed E-state index contributed by atoms with van der Waals surface area (Å²) in [7, 11) is 0. The minimum atomic E-state index is 0.162. The SMILES string of the molecule is OCCN(c1ccncc1Cl)C1CCCCC1. The lowest BCUT2D eigenvalue weighted by molar-refractivity contribution is 0.290. The molecule has 4 heteroatoms. The molecule has 0 amide bonds. The van der Waals surface area contributed by atoms with Gasteiger partial charge in [-0.2, -0.15) is 0 Å². The standard InChI is InChI=1S/C13H19ClN2O/c14-12-10-15-7-6-13(12)16(8-9-17)11-4-2-1-3-5-11/h6-7,10-11,17H,1-5,8-9H2. The summed E-state index contributed by atoms with van der Waals surface area (Å²) >= 11 is 6.19. The average molecular weight is 255 g/mol. The van der Waals surface area contributed by atoms with Gasteiger partial charge in [-0.3, -0.25) is 4.98 Å². The maximum atomic E-state index is 9.22. The molecule has 1 aliphatic rings. The highest BCUT2D eigenvalue weighted by Gasteiger charge is 2.22. The number of aromatic nitrogens is 1. The van der Waals surface area contributed by atoms with Crippen LogP contribution in [-0.4, -0.2) is 29.3 Å². The van der Waals surface area contributed by atoms with Crippen LogP contribution in [0, 0.1) is 0 Å². The number of anilines is 1. The summed E-state index contributed by atoms with van der Waals surface area (Å²) in [5.74, 6) is 0. The van der Waals surface area contributed by atoms with Crippen molar-refractivity contribution in [2.45, 2.75) is 38.1 Å². The molecular weight excluding hydrogens is 236 g/mol. The Labute approximate surface area is 107 Å². The van der Waals surface area contributed by atoms with Crippen LogP contribution in [0.3, 0.4) is 0 Å². The average Bonchev–Trinajstić information content (AvgIpc) is 2.38. The Morgan fingerprint density at radius 1 is 1.35 bits per heavy atom. The molecule has 3 nitrogen and oxygen atoms in total. The zero-order valence-corrected chi connectivity index (χ0v) is 10.7.